The number of aromatic nitrogens is 3. The zero-order valence-electron chi connectivity index (χ0n) is 11.3. The van der Waals surface area contributed by atoms with Crippen molar-refractivity contribution in [2.75, 3.05) is 6.54 Å². The number of aryl methyl sites for hydroxylation is 1. The Morgan fingerprint density at radius 1 is 1.25 bits per heavy atom. The van der Waals surface area contributed by atoms with Crippen LogP contribution in [0.25, 0.3) is 10.8 Å². The van der Waals surface area contributed by atoms with Crippen LogP contribution in [-0.2, 0) is 13.0 Å². The van der Waals surface area contributed by atoms with Gasteiger partial charge in [-0.1, -0.05) is 23.4 Å². The van der Waals surface area contributed by atoms with E-state index in [1.807, 2.05) is 25.4 Å². The SMILES string of the molecule is Cc1noc(CCNCc2cccc3cnccc23)n1. The van der Waals surface area contributed by atoms with E-state index in [-0.39, 0.29) is 0 Å². The van der Waals surface area contributed by atoms with Crippen LogP contribution in [0.5, 0.6) is 0 Å². The summed E-state index contributed by atoms with van der Waals surface area (Å²) < 4.78 is 5.08. The molecule has 1 aromatic carbocycles. The highest BCUT2D eigenvalue weighted by atomic mass is 16.5. The van der Waals surface area contributed by atoms with E-state index in [0.717, 1.165) is 19.5 Å². The van der Waals surface area contributed by atoms with Crippen molar-refractivity contribution in [2.45, 2.75) is 19.9 Å². The first-order valence-corrected chi connectivity index (χ1v) is 6.64. The molecule has 0 saturated carbocycles. The van der Waals surface area contributed by atoms with Gasteiger partial charge in [0.25, 0.3) is 0 Å². The highest BCUT2D eigenvalue weighted by molar-refractivity contribution is 5.84. The highest BCUT2D eigenvalue weighted by Gasteiger charge is 2.03. The number of hydrogen-bond donors (Lipinski definition) is 1. The molecule has 0 saturated heterocycles. The number of pyridine rings is 1. The molecule has 0 fully saturated rings. The first kappa shape index (κ1) is 12.7. The van der Waals surface area contributed by atoms with Gasteiger partial charge in [0, 0.05) is 37.3 Å². The van der Waals surface area contributed by atoms with E-state index in [4.69, 9.17) is 4.52 Å². The van der Waals surface area contributed by atoms with Gasteiger partial charge in [0.2, 0.25) is 5.89 Å². The normalized spacial score (nSPS) is 11.1. The summed E-state index contributed by atoms with van der Waals surface area (Å²) in [4.78, 5) is 8.32. The second-order valence-corrected chi connectivity index (χ2v) is 4.68. The van der Waals surface area contributed by atoms with Crippen LogP contribution in [0.1, 0.15) is 17.3 Å². The molecule has 0 aliphatic rings. The first-order chi connectivity index (χ1) is 9.83. The minimum atomic E-state index is 0.678. The molecule has 0 bridgehead atoms. The third kappa shape index (κ3) is 2.83. The number of rotatable bonds is 5. The van der Waals surface area contributed by atoms with Crippen LogP contribution in [0.15, 0.2) is 41.2 Å². The number of benzene rings is 1. The van der Waals surface area contributed by atoms with Crippen LogP contribution < -0.4 is 5.32 Å². The summed E-state index contributed by atoms with van der Waals surface area (Å²) in [6.45, 7) is 3.45. The van der Waals surface area contributed by atoms with Crippen molar-refractivity contribution < 1.29 is 4.52 Å². The maximum Gasteiger partial charge on any atom is 0.227 e. The molecule has 3 rings (SSSR count). The van der Waals surface area contributed by atoms with Crippen molar-refractivity contribution >= 4 is 10.8 Å². The second kappa shape index (κ2) is 5.79. The molecular formula is C15H16N4O. The van der Waals surface area contributed by atoms with E-state index in [2.05, 4.69) is 38.6 Å². The summed E-state index contributed by atoms with van der Waals surface area (Å²) in [5.74, 6) is 1.36. The van der Waals surface area contributed by atoms with Gasteiger partial charge < -0.3 is 9.84 Å². The van der Waals surface area contributed by atoms with Crippen molar-refractivity contribution in [3.05, 3.63) is 53.9 Å². The van der Waals surface area contributed by atoms with Gasteiger partial charge in [-0.15, -0.1) is 0 Å². The molecule has 1 N–H and O–H groups in total. The Hall–Kier alpha value is -2.27. The number of nitrogens with one attached hydrogen (secondary N) is 1. The maximum atomic E-state index is 5.08. The van der Waals surface area contributed by atoms with E-state index < -0.39 is 0 Å². The number of nitrogens with zero attached hydrogens (tertiary/aromatic N) is 3. The second-order valence-electron chi connectivity index (χ2n) is 4.68. The lowest BCUT2D eigenvalue weighted by atomic mass is 10.1. The zero-order valence-corrected chi connectivity index (χ0v) is 11.3. The Labute approximate surface area is 117 Å². The highest BCUT2D eigenvalue weighted by Crippen LogP contribution is 2.17. The topological polar surface area (TPSA) is 63.8 Å². The summed E-state index contributed by atoms with van der Waals surface area (Å²) in [6, 6.07) is 8.31. The number of hydrogen-bond acceptors (Lipinski definition) is 5. The molecule has 0 radical (unpaired) electrons. The van der Waals surface area contributed by atoms with Crippen molar-refractivity contribution in [3.63, 3.8) is 0 Å². The van der Waals surface area contributed by atoms with Gasteiger partial charge in [0.05, 0.1) is 0 Å². The maximum absolute atomic E-state index is 5.08. The van der Waals surface area contributed by atoms with Crippen LogP contribution in [0.2, 0.25) is 0 Å². The fourth-order valence-electron chi connectivity index (χ4n) is 2.20. The minimum absolute atomic E-state index is 0.678. The van der Waals surface area contributed by atoms with Crippen molar-refractivity contribution in [1.29, 1.82) is 0 Å². The zero-order chi connectivity index (χ0) is 13.8. The monoisotopic (exact) mass is 268 g/mol. The van der Waals surface area contributed by atoms with Crippen LogP contribution in [0, 0.1) is 6.92 Å². The standard InChI is InChI=1S/C15H16N4O/c1-11-18-15(20-19-11)6-8-17-10-13-4-2-3-12-9-16-7-5-14(12)13/h2-5,7,9,17H,6,8,10H2,1H3. The van der Waals surface area contributed by atoms with Crippen molar-refractivity contribution in [1.82, 2.24) is 20.4 Å². The Balaban J connectivity index is 1.60. The lowest BCUT2D eigenvalue weighted by Gasteiger charge is -2.07. The Morgan fingerprint density at radius 3 is 3.05 bits per heavy atom. The summed E-state index contributed by atoms with van der Waals surface area (Å²) >= 11 is 0. The van der Waals surface area contributed by atoms with E-state index in [9.17, 15) is 0 Å². The summed E-state index contributed by atoms with van der Waals surface area (Å²) in [7, 11) is 0. The van der Waals surface area contributed by atoms with Crippen LogP contribution in [0.4, 0.5) is 0 Å². The van der Waals surface area contributed by atoms with E-state index in [1.165, 1.54) is 16.3 Å². The lowest BCUT2D eigenvalue weighted by Crippen LogP contribution is -2.17. The van der Waals surface area contributed by atoms with Gasteiger partial charge >= 0.3 is 0 Å². The molecule has 20 heavy (non-hydrogen) atoms. The average molecular weight is 268 g/mol. The predicted molar refractivity (Wildman–Crippen MR) is 76.2 cm³/mol. The van der Waals surface area contributed by atoms with Crippen molar-refractivity contribution in [2.24, 2.45) is 0 Å². The molecule has 2 aromatic heterocycles. The van der Waals surface area contributed by atoms with Gasteiger partial charge in [-0.3, -0.25) is 4.98 Å². The molecule has 0 amide bonds. The Bertz CT molecular complexity index is 702. The van der Waals surface area contributed by atoms with Gasteiger partial charge in [-0.25, -0.2) is 0 Å². The fourth-order valence-corrected chi connectivity index (χ4v) is 2.20. The first-order valence-electron chi connectivity index (χ1n) is 6.64. The summed E-state index contributed by atoms with van der Waals surface area (Å²) in [6.07, 6.45) is 4.46. The smallest absolute Gasteiger partial charge is 0.227 e. The molecular weight excluding hydrogens is 252 g/mol. The molecule has 2 heterocycles. The van der Waals surface area contributed by atoms with Crippen LogP contribution in [-0.4, -0.2) is 21.7 Å². The molecule has 3 aromatic rings. The molecule has 0 unspecified atom stereocenters. The Kier molecular flexibility index (Phi) is 3.69. The van der Waals surface area contributed by atoms with Crippen LogP contribution in [0.3, 0.4) is 0 Å². The van der Waals surface area contributed by atoms with E-state index in [1.54, 1.807) is 0 Å². The third-order valence-electron chi connectivity index (χ3n) is 3.17. The largest absolute Gasteiger partial charge is 0.339 e. The lowest BCUT2D eigenvalue weighted by molar-refractivity contribution is 0.372. The van der Waals surface area contributed by atoms with E-state index >= 15 is 0 Å². The fraction of sp³-hybridized carbons (Fsp3) is 0.267. The summed E-state index contributed by atoms with van der Waals surface area (Å²) in [5.41, 5.74) is 1.27. The molecule has 0 spiro atoms. The molecule has 5 heteroatoms. The summed E-state index contributed by atoms with van der Waals surface area (Å²) in [5, 5.41) is 9.58. The molecule has 0 atom stereocenters. The molecule has 102 valence electrons. The van der Waals surface area contributed by atoms with Crippen LogP contribution >= 0.6 is 0 Å². The van der Waals surface area contributed by atoms with Gasteiger partial charge in [0.1, 0.15) is 0 Å². The average Bonchev–Trinajstić information content (AvgIpc) is 2.89. The quantitative estimate of drug-likeness (QED) is 0.719. The molecule has 5 nitrogen and oxygen atoms in total. The van der Waals surface area contributed by atoms with Crippen molar-refractivity contribution in [3.8, 4) is 0 Å². The molecule has 0 aliphatic carbocycles. The number of fused-ring (bicyclic) bond motifs is 1. The predicted octanol–water partition coefficient (Wildman–Crippen LogP) is 2.26. The van der Waals surface area contributed by atoms with Gasteiger partial charge in [0.15, 0.2) is 5.82 Å². The molecule has 0 aliphatic heterocycles. The third-order valence-corrected chi connectivity index (χ3v) is 3.17. The Morgan fingerprint density at radius 2 is 2.20 bits per heavy atom. The van der Waals surface area contributed by atoms with E-state index in [0.29, 0.717) is 11.7 Å². The van der Waals surface area contributed by atoms with Gasteiger partial charge in [-0.05, 0) is 23.9 Å². The minimum Gasteiger partial charge on any atom is -0.339 e. The van der Waals surface area contributed by atoms with Gasteiger partial charge in [-0.2, -0.15) is 4.98 Å².